The fourth-order valence-electron chi connectivity index (χ4n) is 6.71. The fraction of sp³-hybridized carbons (Fsp3) is 0.842. The van der Waals surface area contributed by atoms with Crippen LogP contribution in [0, 0.1) is 28.6 Å². The zero-order valence-corrected chi connectivity index (χ0v) is 16.2. The summed E-state index contributed by atoms with van der Waals surface area (Å²) in [5.41, 5.74) is 0.342. The number of aliphatic hydroxyl groups excluding tert-OH is 1. The van der Waals surface area contributed by atoms with Gasteiger partial charge in [0.15, 0.2) is 0 Å². The van der Waals surface area contributed by atoms with E-state index in [9.17, 15) is 18.3 Å². The maximum atomic E-state index is 12.5. The third kappa shape index (κ3) is 2.62. The molecule has 0 radical (unpaired) electrons. The third-order valence-electron chi connectivity index (χ3n) is 8.07. The molecule has 1 unspecified atom stereocenters. The van der Waals surface area contributed by atoms with Crippen molar-refractivity contribution < 1.29 is 27.1 Å². The van der Waals surface area contributed by atoms with Crippen molar-refractivity contribution >= 4 is 16.2 Å². The van der Waals surface area contributed by atoms with Crippen LogP contribution in [0.4, 0.5) is 0 Å². The number of allylic oxidation sites excluding steroid dienone is 1. The Morgan fingerprint density at radius 3 is 2.46 bits per heavy atom. The predicted octanol–water partition coefficient (Wildman–Crippen LogP) is 2.68. The molecule has 0 heterocycles. The monoisotopic (exact) mass is 384 g/mol. The lowest BCUT2D eigenvalue weighted by atomic mass is 9.47. The van der Waals surface area contributed by atoms with E-state index in [2.05, 4.69) is 13.8 Å². The van der Waals surface area contributed by atoms with Gasteiger partial charge in [0.2, 0.25) is 0 Å². The molecule has 0 spiro atoms. The highest BCUT2D eigenvalue weighted by atomic mass is 32.3. The zero-order valence-electron chi connectivity index (χ0n) is 15.3. The highest BCUT2D eigenvalue weighted by Crippen LogP contribution is 2.64. The molecule has 4 rings (SSSR count). The van der Waals surface area contributed by atoms with Crippen molar-refractivity contribution in [2.24, 2.45) is 28.6 Å². The summed E-state index contributed by atoms with van der Waals surface area (Å²) >= 11 is 0. The van der Waals surface area contributed by atoms with Crippen LogP contribution in [0.15, 0.2) is 11.6 Å². The molecule has 3 saturated carbocycles. The van der Waals surface area contributed by atoms with Crippen molar-refractivity contribution in [1.29, 1.82) is 0 Å². The molecule has 7 atom stereocenters. The lowest BCUT2D eigenvalue weighted by molar-refractivity contribution is -0.132. The van der Waals surface area contributed by atoms with Gasteiger partial charge in [0.25, 0.3) is 0 Å². The van der Waals surface area contributed by atoms with Gasteiger partial charge in [-0.2, -0.15) is 8.42 Å². The molecule has 7 heteroatoms. The van der Waals surface area contributed by atoms with Gasteiger partial charge >= 0.3 is 10.4 Å². The fourth-order valence-corrected chi connectivity index (χ4v) is 7.21. The first-order valence-electron chi connectivity index (χ1n) is 9.64. The van der Waals surface area contributed by atoms with E-state index in [-0.39, 0.29) is 10.8 Å². The van der Waals surface area contributed by atoms with Crippen LogP contribution in [0.1, 0.15) is 58.8 Å². The summed E-state index contributed by atoms with van der Waals surface area (Å²) in [6.07, 6.45) is 5.50. The third-order valence-corrected chi connectivity index (χ3v) is 8.53. The maximum Gasteiger partial charge on any atom is 0.398 e. The Hall–Kier alpha value is -0.760. The summed E-state index contributed by atoms with van der Waals surface area (Å²) in [4.78, 5) is 12.5. The van der Waals surface area contributed by atoms with Crippen LogP contribution in [0.2, 0.25) is 0 Å². The highest BCUT2D eigenvalue weighted by Gasteiger charge is 2.60. The minimum absolute atomic E-state index is 0.207. The van der Waals surface area contributed by atoms with Crippen LogP contribution < -0.4 is 0 Å². The SMILES string of the molecule is C[C@]12CC[C@H](O)C(OS(=O)(=O)O)C1=CC[C@@H]1[C@@H]2CC[C@]2(C)C(=O)CC[C@@H]12. The summed E-state index contributed by atoms with van der Waals surface area (Å²) in [5, 5.41) is 10.3. The quantitative estimate of drug-likeness (QED) is 0.561. The van der Waals surface area contributed by atoms with E-state index in [0.29, 0.717) is 36.4 Å². The molecule has 0 bridgehead atoms. The number of aliphatic hydroxyl groups is 1. The van der Waals surface area contributed by atoms with Crippen LogP contribution in [-0.4, -0.2) is 36.1 Å². The summed E-state index contributed by atoms with van der Waals surface area (Å²) < 4.78 is 36.6. The Labute approximate surface area is 155 Å². The average molecular weight is 384 g/mol. The molecule has 0 amide bonds. The number of ketones is 1. The number of hydrogen-bond acceptors (Lipinski definition) is 5. The normalized spacial score (nSPS) is 48.4. The molecule has 146 valence electrons. The second kappa shape index (κ2) is 5.87. The largest absolute Gasteiger partial charge is 0.398 e. The Morgan fingerprint density at radius 2 is 1.77 bits per heavy atom. The van der Waals surface area contributed by atoms with Crippen LogP contribution in [0.5, 0.6) is 0 Å². The van der Waals surface area contributed by atoms with Gasteiger partial charge in [-0.15, -0.1) is 0 Å². The molecule has 4 aliphatic carbocycles. The molecule has 0 saturated heterocycles. The lowest BCUT2D eigenvalue weighted by Crippen LogP contribution is -2.54. The van der Waals surface area contributed by atoms with Crippen molar-refractivity contribution in [3.05, 3.63) is 11.6 Å². The number of hydrogen-bond donors (Lipinski definition) is 2. The van der Waals surface area contributed by atoms with Gasteiger partial charge in [0.05, 0.1) is 6.10 Å². The van der Waals surface area contributed by atoms with Crippen molar-refractivity contribution in [2.45, 2.75) is 71.0 Å². The van der Waals surface area contributed by atoms with E-state index in [4.69, 9.17) is 8.74 Å². The van der Waals surface area contributed by atoms with Gasteiger partial charge in [0.1, 0.15) is 11.9 Å². The van der Waals surface area contributed by atoms with Crippen molar-refractivity contribution in [3.8, 4) is 0 Å². The van der Waals surface area contributed by atoms with Crippen LogP contribution in [0.3, 0.4) is 0 Å². The molecule has 0 aromatic rings. The molecule has 6 nitrogen and oxygen atoms in total. The maximum absolute atomic E-state index is 12.5. The Bertz CT molecular complexity index is 758. The zero-order chi connectivity index (χ0) is 18.9. The van der Waals surface area contributed by atoms with E-state index in [0.717, 1.165) is 37.7 Å². The van der Waals surface area contributed by atoms with Gasteiger partial charge in [-0.25, -0.2) is 4.18 Å². The molecule has 0 aromatic heterocycles. The molecule has 3 fully saturated rings. The number of Topliss-reactive ketones (excluding diaryl/α,β-unsaturated/α-hetero) is 1. The second-order valence-electron chi connectivity index (χ2n) is 9.16. The lowest BCUT2D eigenvalue weighted by Gasteiger charge is -2.57. The van der Waals surface area contributed by atoms with Crippen LogP contribution in [-0.2, 0) is 19.4 Å². The Morgan fingerprint density at radius 1 is 1.12 bits per heavy atom. The van der Waals surface area contributed by atoms with Crippen molar-refractivity contribution in [2.75, 3.05) is 0 Å². The molecular weight excluding hydrogens is 356 g/mol. The van der Waals surface area contributed by atoms with E-state index in [1.54, 1.807) is 0 Å². The average Bonchev–Trinajstić information content (AvgIpc) is 2.85. The second-order valence-corrected chi connectivity index (χ2v) is 10.2. The standard InChI is InChI=1S/C19H28O6S/c1-18-10-8-15(20)17(25-26(22,23)24)14(18)4-3-11-12-5-6-16(21)19(12,2)9-7-13(11)18/h4,11-13,15,17,20H,3,5-10H2,1-2H3,(H,22,23,24)/t11-,12-,13-,15-,17?,18+,19-/m0/s1. The Kier molecular flexibility index (Phi) is 4.20. The molecule has 4 aliphatic rings. The summed E-state index contributed by atoms with van der Waals surface area (Å²) in [6, 6.07) is 0. The van der Waals surface area contributed by atoms with Gasteiger partial charge in [-0.3, -0.25) is 9.35 Å². The van der Waals surface area contributed by atoms with E-state index in [1.165, 1.54) is 0 Å². The molecule has 0 aliphatic heterocycles. The number of carbonyl (C=O) groups is 1. The minimum atomic E-state index is -4.64. The minimum Gasteiger partial charge on any atom is -0.390 e. The van der Waals surface area contributed by atoms with Crippen LogP contribution >= 0.6 is 0 Å². The van der Waals surface area contributed by atoms with Crippen LogP contribution in [0.25, 0.3) is 0 Å². The predicted molar refractivity (Wildman–Crippen MR) is 94.5 cm³/mol. The number of fused-ring (bicyclic) bond motifs is 5. The molecule has 2 N–H and O–H groups in total. The van der Waals surface area contributed by atoms with E-state index < -0.39 is 22.6 Å². The van der Waals surface area contributed by atoms with Gasteiger partial charge in [-0.1, -0.05) is 19.9 Å². The van der Waals surface area contributed by atoms with Crippen molar-refractivity contribution in [3.63, 3.8) is 0 Å². The molecular formula is C19H28O6S. The summed E-state index contributed by atoms with van der Waals surface area (Å²) in [7, 11) is -4.64. The van der Waals surface area contributed by atoms with Gasteiger partial charge < -0.3 is 5.11 Å². The first-order valence-corrected chi connectivity index (χ1v) is 11.0. The first-order chi connectivity index (χ1) is 12.1. The van der Waals surface area contributed by atoms with E-state index in [1.807, 2.05) is 6.08 Å². The number of carbonyl (C=O) groups excluding carboxylic acids is 1. The molecule has 26 heavy (non-hydrogen) atoms. The summed E-state index contributed by atoms with van der Waals surface area (Å²) in [6.45, 7) is 4.26. The first kappa shape index (κ1) is 18.6. The summed E-state index contributed by atoms with van der Waals surface area (Å²) in [5.74, 6) is 1.55. The van der Waals surface area contributed by atoms with Crippen molar-refractivity contribution in [1.82, 2.24) is 0 Å². The van der Waals surface area contributed by atoms with Gasteiger partial charge in [0, 0.05) is 11.8 Å². The van der Waals surface area contributed by atoms with Gasteiger partial charge in [-0.05, 0) is 67.3 Å². The van der Waals surface area contributed by atoms with E-state index >= 15 is 0 Å². The smallest absolute Gasteiger partial charge is 0.390 e. The Balaban J connectivity index is 1.70. The molecule has 0 aromatic carbocycles. The topological polar surface area (TPSA) is 101 Å². The number of rotatable bonds is 2. The highest BCUT2D eigenvalue weighted by molar-refractivity contribution is 7.80.